The second-order valence-electron chi connectivity index (χ2n) is 10.3. The minimum absolute atomic E-state index is 0.123. The summed E-state index contributed by atoms with van der Waals surface area (Å²) >= 11 is 0. The van der Waals surface area contributed by atoms with E-state index in [-0.39, 0.29) is 29.9 Å². The van der Waals surface area contributed by atoms with Gasteiger partial charge in [0.1, 0.15) is 11.9 Å². The zero-order valence-corrected chi connectivity index (χ0v) is 21.0. The molecule has 1 saturated carbocycles. The first-order chi connectivity index (χ1) is 16.5. The van der Waals surface area contributed by atoms with Crippen molar-refractivity contribution in [1.29, 1.82) is 0 Å². The number of furan rings is 1. The van der Waals surface area contributed by atoms with Gasteiger partial charge in [0.2, 0.25) is 0 Å². The minimum Gasteiger partial charge on any atom is -0.464 e. The molecule has 1 aromatic heterocycles. The van der Waals surface area contributed by atoms with E-state index in [0.29, 0.717) is 0 Å². The smallest absolute Gasteiger partial charge is 0.321 e. The third kappa shape index (κ3) is 6.10. The van der Waals surface area contributed by atoms with Crippen molar-refractivity contribution in [3.63, 3.8) is 0 Å². The lowest BCUT2D eigenvalue weighted by atomic mass is 9.69. The SMILES string of the molecule is CC1NC(NC(=O)Nc2ccc3occc3c2)NC(NCCN(C)C)C12CCCCCCCC2. The number of anilines is 1. The number of fused-ring (bicyclic) bond motifs is 1. The number of amides is 2. The molecule has 2 aromatic rings. The molecule has 4 rings (SSSR count). The number of carbonyl (C=O) groups excluding carboxylic acids is 1. The molecule has 1 spiro atoms. The molecule has 34 heavy (non-hydrogen) atoms. The summed E-state index contributed by atoms with van der Waals surface area (Å²) < 4.78 is 5.39. The maximum atomic E-state index is 12.8. The number of nitrogens with zero attached hydrogens (tertiary/aromatic N) is 1. The molecular weight excluding hydrogens is 428 g/mol. The van der Waals surface area contributed by atoms with E-state index in [2.05, 4.69) is 52.5 Å². The molecule has 0 radical (unpaired) electrons. The Labute approximate surface area is 203 Å². The van der Waals surface area contributed by atoms with Crippen molar-refractivity contribution in [2.75, 3.05) is 32.5 Å². The third-order valence-electron chi connectivity index (χ3n) is 7.61. The van der Waals surface area contributed by atoms with Crippen molar-refractivity contribution in [2.45, 2.75) is 76.8 Å². The van der Waals surface area contributed by atoms with Crippen molar-refractivity contribution in [2.24, 2.45) is 5.41 Å². The molecule has 5 N–H and O–H groups in total. The van der Waals surface area contributed by atoms with E-state index in [1.165, 1.54) is 51.4 Å². The zero-order valence-electron chi connectivity index (χ0n) is 21.0. The van der Waals surface area contributed by atoms with E-state index >= 15 is 0 Å². The van der Waals surface area contributed by atoms with Gasteiger partial charge in [0, 0.05) is 35.6 Å². The average molecular weight is 471 g/mol. The molecule has 2 heterocycles. The topological polar surface area (TPSA) is 93.6 Å². The summed E-state index contributed by atoms with van der Waals surface area (Å²) in [5.41, 5.74) is 1.67. The van der Waals surface area contributed by atoms with Gasteiger partial charge in [-0.1, -0.05) is 38.5 Å². The molecule has 1 saturated heterocycles. The molecule has 0 bridgehead atoms. The highest BCUT2D eigenvalue weighted by molar-refractivity contribution is 5.92. The Balaban J connectivity index is 1.43. The number of hydrogen-bond acceptors (Lipinski definition) is 6. The van der Waals surface area contributed by atoms with E-state index in [1.807, 2.05) is 24.3 Å². The fraction of sp³-hybridized carbons (Fsp3) is 0.654. The molecular formula is C26H42N6O2. The maximum absolute atomic E-state index is 12.8. The summed E-state index contributed by atoms with van der Waals surface area (Å²) in [6, 6.07) is 7.57. The van der Waals surface area contributed by atoms with Crippen LogP contribution in [0, 0.1) is 5.41 Å². The Morgan fingerprint density at radius 3 is 2.56 bits per heavy atom. The number of hydrogen-bond donors (Lipinski definition) is 5. The lowest BCUT2D eigenvalue weighted by Gasteiger charge is -2.53. The quantitative estimate of drug-likeness (QED) is 0.438. The molecule has 2 fully saturated rings. The Hall–Kier alpha value is -2.13. The van der Waals surface area contributed by atoms with Crippen molar-refractivity contribution >= 4 is 22.7 Å². The van der Waals surface area contributed by atoms with Crippen LogP contribution in [0.5, 0.6) is 0 Å². The van der Waals surface area contributed by atoms with Crippen LogP contribution in [0.1, 0.15) is 58.3 Å². The van der Waals surface area contributed by atoms with Gasteiger partial charge in [0.25, 0.3) is 0 Å². The van der Waals surface area contributed by atoms with E-state index in [9.17, 15) is 4.79 Å². The first kappa shape index (κ1) is 25.0. The van der Waals surface area contributed by atoms with Gasteiger partial charge in [0.15, 0.2) is 0 Å². The van der Waals surface area contributed by atoms with Crippen LogP contribution in [0.4, 0.5) is 10.5 Å². The molecule has 3 atom stereocenters. The molecule has 188 valence electrons. The monoisotopic (exact) mass is 470 g/mol. The number of nitrogens with one attached hydrogen (secondary N) is 5. The van der Waals surface area contributed by atoms with E-state index in [0.717, 1.165) is 29.7 Å². The normalized spacial score (nSPS) is 25.6. The van der Waals surface area contributed by atoms with Gasteiger partial charge in [-0.3, -0.25) is 10.6 Å². The largest absolute Gasteiger partial charge is 0.464 e. The van der Waals surface area contributed by atoms with Gasteiger partial charge in [-0.05, 0) is 58.1 Å². The summed E-state index contributed by atoms with van der Waals surface area (Å²) in [6.07, 6.45) is 11.7. The molecule has 1 aliphatic heterocycles. The highest BCUT2D eigenvalue weighted by Gasteiger charge is 2.47. The number of likely N-dealkylation sites (N-methyl/N-ethyl adjacent to an activating group) is 1. The fourth-order valence-corrected chi connectivity index (χ4v) is 5.63. The lowest BCUT2D eigenvalue weighted by Crippen LogP contribution is -2.75. The predicted molar refractivity (Wildman–Crippen MR) is 138 cm³/mol. The van der Waals surface area contributed by atoms with Crippen LogP contribution in [-0.2, 0) is 0 Å². The number of urea groups is 1. The first-order valence-electron chi connectivity index (χ1n) is 12.9. The van der Waals surface area contributed by atoms with Crippen molar-refractivity contribution in [3.8, 4) is 0 Å². The highest BCUT2D eigenvalue weighted by Crippen LogP contribution is 2.41. The Morgan fingerprint density at radius 2 is 1.82 bits per heavy atom. The van der Waals surface area contributed by atoms with Crippen LogP contribution in [0.25, 0.3) is 11.0 Å². The van der Waals surface area contributed by atoms with Gasteiger partial charge in [-0.15, -0.1) is 0 Å². The van der Waals surface area contributed by atoms with Crippen molar-refractivity contribution in [3.05, 3.63) is 30.5 Å². The van der Waals surface area contributed by atoms with Gasteiger partial charge < -0.3 is 25.3 Å². The van der Waals surface area contributed by atoms with Crippen LogP contribution in [-0.4, -0.2) is 56.6 Å². The first-order valence-corrected chi connectivity index (χ1v) is 12.9. The second-order valence-corrected chi connectivity index (χ2v) is 10.3. The fourth-order valence-electron chi connectivity index (χ4n) is 5.63. The predicted octanol–water partition coefficient (Wildman–Crippen LogP) is 4.02. The zero-order chi connectivity index (χ0) is 24.0. The van der Waals surface area contributed by atoms with Crippen LogP contribution in [0.15, 0.2) is 34.9 Å². The van der Waals surface area contributed by atoms with Crippen molar-refractivity contribution < 1.29 is 9.21 Å². The van der Waals surface area contributed by atoms with E-state index in [4.69, 9.17) is 4.42 Å². The highest BCUT2D eigenvalue weighted by atomic mass is 16.3. The van der Waals surface area contributed by atoms with Crippen LogP contribution in [0.2, 0.25) is 0 Å². The molecule has 8 heteroatoms. The molecule has 8 nitrogen and oxygen atoms in total. The van der Waals surface area contributed by atoms with Crippen LogP contribution >= 0.6 is 0 Å². The van der Waals surface area contributed by atoms with E-state index in [1.54, 1.807) is 6.26 Å². The number of carbonyl (C=O) groups is 1. The summed E-state index contributed by atoms with van der Waals surface area (Å²) in [5.74, 6) is 0. The van der Waals surface area contributed by atoms with Gasteiger partial charge in [-0.25, -0.2) is 4.79 Å². The molecule has 2 aliphatic rings. The molecule has 1 aromatic carbocycles. The second kappa shape index (κ2) is 11.5. The number of benzene rings is 1. The molecule has 2 amide bonds. The summed E-state index contributed by atoms with van der Waals surface area (Å²) in [5, 5.41) is 18.2. The summed E-state index contributed by atoms with van der Waals surface area (Å²) in [4.78, 5) is 15.0. The number of rotatable bonds is 6. The van der Waals surface area contributed by atoms with Crippen LogP contribution < -0.4 is 26.6 Å². The summed E-state index contributed by atoms with van der Waals surface area (Å²) in [6.45, 7) is 4.17. The minimum atomic E-state index is -0.317. The van der Waals surface area contributed by atoms with Crippen LogP contribution in [0.3, 0.4) is 0 Å². The van der Waals surface area contributed by atoms with Crippen molar-refractivity contribution in [1.82, 2.24) is 26.2 Å². The maximum Gasteiger partial charge on any atom is 0.321 e. The molecule has 1 aliphatic carbocycles. The Kier molecular flexibility index (Phi) is 8.47. The lowest BCUT2D eigenvalue weighted by molar-refractivity contribution is 0.0158. The average Bonchev–Trinajstić information content (AvgIpc) is 3.29. The Morgan fingerprint density at radius 1 is 1.09 bits per heavy atom. The third-order valence-corrected chi connectivity index (χ3v) is 7.61. The summed E-state index contributed by atoms with van der Waals surface area (Å²) in [7, 11) is 4.21. The van der Waals surface area contributed by atoms with E-state index < -0.39 is 0 Å². The standard InChI is InChI=1S/C26H42N6O2/c1-19-26(13-8-6-4-5-7-9-14-26)23(27-15-16-32(2)3)30-24(28-19)31-25(33)29-21-10-11-22-20(18-21)12-17-34-22/h10-12,17-19,23-24,27-28,30H,4-9,13-16H2,1-3H3,(H2,29,31,33). The molecule has 3 unspecified atom stereocenters. The van der Waals surface area contributed by atoms with Gasteiger partial charge in [0.05, 0.1) is 12.4 Å². The Bertz CT molecular complexity index is 919. The van der Waals surface area contributed by atoms with Gasteiger partial charge >= 0.3 is 6.03 Å². The van der Waals surface area contributed by atoms with Gasteiger partial charge in [-0.2, -0.15) is 0 Å².